The zero-order chi connectivity index (χ0) is 14.4. The highest BCUT2D eigenvalue weighted by molar-refractivity contribution is 5.54. The van der Waals surface area contributed by atoms with Gasteiger partial charge < -0.3 is 4.90 Å². The summed E-state index contributed by atoms with van der Waals surface area (Å²) in [6.07, 6.45) is 1.49. The number of hydrogen-bond donors (Lipinski definition) is 0. The molecule has 0 heterocycles. The Hall–Kier alpha value is -2.78. The monoisotopic (exact) mass is 266 g/mol. The lowest BCUT2D eigenvalue weighted by Gasteiger charge is -2.11. The van der Waals surface area contributed by atoms with Gasteiger partial charge in [0.2, 0.25) is 6.08 Å². The molecule has 0 bridgehead atoms. The highest BCUT2D eigenvalue weighted by Gasteiger charge is 1.95. The highest BCUT2D eigenvalue weighted by Crippen LogP contribution is 2.22. The summed E-state index contributed by atoms with van der Waals surface area (Å²) in [6.45, 7) is 0. The van der Waals surface area contributed by atoms with Crippen molar-refractivity contribution in [3.05, 3.63) is 48.5 Å². The molecule has 5 heteroatoms. The van der Waals surface area contributed by atoms with Crippen molar-refractivity contribution in [2.75, 3.05) is 19.0 Å². The van der Waals surface area contributed by atoms with Gasteiger partial charge >= 0.3 is 0 Å². The molecule has 0 N–H and O–H groups in total. The van der Waals surface area contributed by atoms with Crippen LogP contribution in [0.5, 0.6) is 0 Å². The Morgan fingerprint density at radius 2 is 1.25 bits per heavy atom. The molecule has 0 saturated heterocycles. The molecule has 0 aliphatic heterocycles. The third kappa shape index (κ3) is 3.60. The minimum atomic E-state index is 0.550. The fourth-order valence-corrected chi connectivity index (χ4v) is 1.58. The standard InChI is InChI=1S/C15H14N4O/c1-19(2)15-9-7-14(8-10-15)18-17-13-5-3-12(4-6-13)16-11-20/h3-10H,1-2H3. The molecule has 0 amide bonds. The first-order valence-corrected chi connectivity index (χ1v) is 6.06. The maximum atomic E-state index is 10.1. The minimum absolute atomic E-state index is 0.550. The van der Waals surface area contributed by atoms with Crippen LogP contribution in [0.4, 0.5) is 22.7 Å². The average molecular weight is 266 g/mol. The van der Waals surface area contributed by atoms with E-state index < -0.39 is 0 Å². The second kappa shape index (κ2) is 6.41. The first kappa shape index (κ1) is 13.6. The minimum Gasteiger partial charge on any atom is -0.378 e. The van der Waals surface area contributed by atoms with E-state index in [9.17, 15) is 4.79 Å². The molecule has 20 heavy (non-hydrogen) atoms. The van der Waals surface area contributed by atoms with E-state index in [0.717, 1.165) is 11.4 Å². The van der Waals surface area contributed by atoms with Crippen LogP contribution in [0.2, 0.25) is 0 Å². The van der Waals surface area contributed by atoms with Crippen LogP contribution < -0.4 is 4.90 Å². The predicted octanol–water partition coefficient (Wildman–Crippen LogP) is 4.14. The van der Waals surface area contributed by atoms with Crippen LogP contribution in [0.25, 0.3) is 0 Å². The van der Waals surface area contributed by atoms with Crippen molar-refractivity contribution in [2.24, 2.45) is 15.2 Å². The topological polar surface area (TPSA) is 57.4 Å². The number of anilines is 1. The zero-order valence-electron chi connectivity index (χ0n) is 11.3. The number of aliphatic imine (C=N–C) groups is 1. The van der Waals surface area contributed by atoms with Crippen LogP contribution >= 0.6 is 0 Å². The fraction of sp³-hybridized carbons (Fsp3) is 0.133. The van der Waals surface area contributed by atoms with Gasteiger partial charge in [-0.25, -0.2) is 4.79 Å². The Bertz CT molecular complexity index is 639. The van der Waals surface area contributed by atoms with E-state index in [4.69, 9.17) is 0 Å². The van der Waals surface area contributed by atoms with E-state index in [2.05, 4.69) is 15.2 Å². The van der Waals surface area contributed by atoms with E-state index in [1.807, 2.05) is 43.3 Å². The molecular weight excluding hydrogens is 252 g/mol. The Balaban J connectivity index is 2.10. The maximum absolute atomic E-state index is 10.1. The Kier molecular flexibility index (Phi) is 4.37. The summed E-state index contributed by atoms with van der Waals surface area (Å²) in [5.74, 6) is 0. The second-order valence-electron chi connectivity index (χ2n) is 4.33. The number of rotatable bonds is 4. The molecule has 0 aliphatic carbocycles. The van der Waals surface area contributed by atoms with Crippen molar-refractivity contribution in [3.8, 4) is 0 Å². The molecule has 0 radical (unpaired) electrons. The molecule has 0 aromatic heterocycles. The van der Waals surface area contributed by atoms with E-state index in [1.165, 1.54) is 6.08 Å². The Morgan fingerprint density at radius 1 is 0.800 bits per heavy atom. The average Bonchev–Trinajstić information content (AvgIpc) is 2.47. The second-order valence-corrected chi connectivity index (χ2v) is 4.33. The largest absolute Gasteiger partial charge is 0.378 e. The number of nitrogens with zero attached hydrogens (tertiary/aromatic N) is 4. The summed E-state index contributed by atoms with van der Waals surface area (Å²) in [5, 5.41) is 8.27. The summed E-state index contributed by atoms with van der Waals surface area (Å²) >= 11 is 0. The summed E-state index contributed by atoms with van der Waals surface area (Å²) in [5.41, 5.74) is 3.14. The molecule has 5 nitrogen and oxygen atoms in total. The lowest BCUT2D eigenvalue weighted by atomic mass is 10.3. The number of isocyanates is 1. The van der Waals surface area contributed by atoms with E-state index in [1.54, 1.807) is 24.3 Å². The quantitative estimate of drug-likeness (QED) is 0.474. The molecule has 0 fully saturated rings. The summed E-state index contributed by atoms with van der Waals surface area (Å²) in [7, 11) is 3.97. The van der Waals surface area contributed by atoms with Crippen LogP contribution in [0, 0.1) is 0 Å². The summed E-state index contributed by atoms with van der Waals surface area (Å²) < 4.78 is 0. The van der Waals surface area contributed by atoms with Gasteiger partial charge in [0.05, 0.1) is 17.1 Å². The van der Waals surface area contributed by atoms with Crippen LogP contribution in [0.3, 0.4) is 0 Å². The lowest BCUT2D eigenvalue weighted by molar-refractivity contribution is 0.565. The molecule has 100 valence electrons. The number of hydrogen-bond acceptors (Lipinski definition) is 5. The third-order valence-corrected chi connectivity index (χ3v) is 2.67. The van der Waals surface area contributed by atoms with E-state index in [0.29, 0.717) is 11.4 Å². The van der Waals surface area contributed by atoms with Crippen LogP contribution in [0.1, 0.15) is 0 Å². The number of benzene rings is 2. The highest BCUT2D eigenvalue weighted by atomic mass is 16.1. The van der Waals surface area contributed by atoms with Gasteiger partial charge in [-0.2, -0.15) is 15.2 Å². The van der Waals surface area contributed by atoms with Crippen molar-refractivity contribution in [1.29, 1.82) is 0 Å². The molecule has 0 aliphatic rings. The molecule has 2 aromatic carbocycles. The first-order chi connectivity index (χ1) is 9.69. The van der Waals surface area contributed by atoms with Crippen molar-refractivity contribution in [2.45, 2.75) is 0 Å². The number of azo groups is 1. The van der Waals surface area contributed by atoms with Gasteiger partial charge in [-0.15, -0.1) is 0 Å². The SMILES string of the molecule is CN(C)c1ccc(N=Nc2ccc(N=C=O)cc2)cc1. The normalized spacial score (nSPS) is 10.3. The van der Waals surface area contributed by atoms with Gasteiger partial charge in [-0.3, -0.25) is 0 Å². The van der Waals surface area contributed by atoms with Crippen molar-refractivity contribution in [3.63, 3.8) is 0 Å². The van der Waals surface area contributed by atoms with Crippen molar-refractivity contribution >= 4 is 28.8 Å². The number of carbonyl (C=O) groups excluding carboxylic acids is 1. The van der Waals surface area contributed by atoms with Crippen LogP contribution in [0.15, 0.2) is 63.8 Å². The van der Waals surface area contributed by atoms with Gasteiger partial charge in [-0.05, 0) is 48.5 Å². The Morgan fingerprint density at radius 3 is 1.70 bits per heavy atom. The van der Waals surface area contributed by atoms with Crippen molar-refractivity contribution in [1.82, 2.24) is 0 Å². The molecule has 0 atom stereocenters. The molecular formula is C15H14N4O. The molecule has 0 spiro atoms. The maximum Gasteiger partial charge on any atom is 0.240 e. The van der Waals surface area contributed by atoms with Crippen LogP contribution in [-0.2, 0) is 4.79 Å². The molecule has 2 rings (SSSR count). The zero-order valence-corrected chi connectivity index (χ0v) is 11.3. The van der Waals surface area contributed by atoms with Gasteiger partial charge in [0, 0.05) is 19.8 Å². The Labute approximate surface area is 117 Å². The van der Waals surface area contributed by atoms with Gasteiger partial charge in [0.1, 0.15) is 0 Å². The fourth-order valence-electron chi connectivity index (χ4n) is 1.58. The molecule has 2 aromatic rings. The molecule has 0 saturated carbocycles. The smallest absolute Gasteiger partial charge is 0.240 e. The van der Waals surface area contributed by atoms with Crippen molar-refractivity contribution < 1.29 is 4.79 Å². The summed E-state index contributed by atoms with van der Waals surface area (Å²) in [4.78, 5) is 15.6. The molecule has 0 unspecified atom stereocenters. The van der Waals surface area contributed by atoms with Gasteiger partial charge in [0.15, 0.2) is 0 Å². The van der Waals surface area contributed by atoms with E-state index >= 15 is 0 Å². The first-order valence-electron chi connectivity index (χ1n) is 6.06. The predicted molar refractivity (Wildman–Crippen MR) is 79.2 cm³/mol. The summed E-state index contributed by atoms with van der Waals surface area (Å²) in [6, 6.07) is 14.6. The van der Waals surface area contributed by atoms with Crippen LogP contribution in [-0.4, -0.2) is 20.2 Å². The van der Waals surface area contributed by atoms with E-state index in [-0.39, 0.29) is 0 Å². The lowest BCUT2D eigenvalue weighted by Crippen LogP contribution is -2.07. The van der Waals surface area contributed by atoms with Gasteiger partial charge in [-0.1, -0.05) is 0 Å². The third-order valence-electron chi connectivity index (χ3n) is 2.67. The van der Waals surface area contributed by atoms with Gasteiger partial charge in [0.25, 0.3) is 0 Å².